The maximum absolute atomic E-state index is 11.0. The first-order valence-electron chi connectivity index (χ1n) is 12.4. The van der Waals surface area contributed by atoms with Crippen LogP contribution in [0.25, 0.3) is 0 Å². The minimum Gasteiger partial charge on any atom is -0.550 e. The molecule has 0 radical (unpaired) electrons. The van der Waals surface area contributed by atoms with Gasteiger partial charge >= 0.3 is 0 Å². The Bertz CT molecular complexity index is 301. The SMILES string of the molecule is CCCCCCCCCCCCC(CCCCCCCCCC)CC(=O)[O-]. The molecule has 1 atom stereocenters. The quantitative estimate of drug-likeness (QED) is 0.181. The summed E-state index contributed by atoms with van der Waals surface area (Å²) in [6, 6.07) is 0. The third-order valence-electron chi connectivity index (χ3n) is 5.89. The number of aliphatic carboxylic acids is 1. The molecule has 0 aromatic rings. The summed E-state index contributed by atoms with van der Waals surface area (Å²) in [7, 11) is 0. The molecule has 162 valence electrons. The van der Waals surface area contributed by atoms with Crippen molar-refractivity contribution < 1.29 is 9.90 Å². The number of carbonyl (C=O) groups is 1. The van der Waals surface area contributed by atoms with Gasteiger partial charge in [-0.05, 0) is 12.3 Å². The molecule has 0 bridgehead atoms. The Hall–Kier alpha value is -0.530. The van der Waals surface area contributed by atoms with Crippen molar-refractivity contribution in [2.75, 3.05) is 0 Å². The molecule has 27 heavy (non-hydrogen) atoms. The van der Waals surface area contributed by atoms with Crippen LogP contribution in [0.1, 0.15) is 149 Å². The first-order chi connectivity index (χ1) is 13.2. The number of carboxylic acid groups (broad SMARTS) is 1. The van der Waals surface area contributed by atoms with Gasteiger partial charge in [-0.2, -0.15) is 0 Å². The lowest BCUT2D eigenvalue weighted by Gasteiger charge is -2.17. The second-order valence-electron chi connectivity index (χ2n) is 8.68. The molecule has 0 aliphatic heterocycles. The Labute approximate surface area is 170 Å². The fraction of sp³-hybridized carbons (Fsp3) is 0.960. The predicted octanol–water partition coefficient (Wildman–Crippen LogP) is 7.58. The number of rotatable bonds is 22. The van der Waals surface area contributed by atoms with Crippen LogP contribution >= 0.6 is 0 Å². The van der Waals surface area contributed by atoms with Crippen molar-refractivity contribution in [3.05, 3.63) is 0 Å². The smallest absolute Gasteiger partial charge is 0.0417 e. The van der Waals surface area contributed by atoms with Crippen LogP contribution in [0, 0.1) is 5.92 Å². The maximum atomic E-state index is 11.0. The van der Waals surface area contributed by atoms with E-state index in [1.165, 1.54) is 116 Å². The van der Waals surface area contributed by atoms with Gasteiger partial charge in [0.1, 0.15) is 0 Å². The summed E-state index contributed by atoms with van der Waals surface area (Å²) in [5.74, 6) is -0.504. The highest BCUT2D eigenvalue weighted by molar-refractivity contribution is 5.64. The van der Waals surface area contributed by atoms with E-state index in [0.29, 0.717) is 5.92 Å². The summed E-state index contributed by atoms with van der Waals surface area (Å²) in [6.45, 7) is 4.52. The minimum absolute atomic E-state index is 0.272. The van der Waals surface area contributed by atoms with E-state index >= 15 is 0 Å². The van der Waals surface area contributed by atoms with Gasteiger partial charge in [-0.15, -0.1) is 0 Å². The van der Waals surface area contributed by atoms with Gasteiger partial charge in [0.05, 0.1) is 0 Å². The van der Waals surface area contributed by atoms with Crippen LogP contribution in [0.15, 0.2) is 0 Å². The van der Waals surface area contributed by atoms with Gasteiger partial charge in [0.25, 0.3) is 0 Å². The van der Waals surface area contributed by atoms with E-state index in [9.17, 15) is 9.90 Å². The summed E-state index contributed by atoms with van der Waals surface area (Å²) in [6.07, 6.45) is 26.4. The second-order valence-corrected chi connectivity index (χ2v) is 8.68. The highest BCUT2D eigenvalue weighted by Gasteiger charge is 2.09. The normalized spacial score (nSPS) is 12.4. The lowest BCUT2D eigenvalue weighted by Crippen LogP contribution is -2.25. The Morgan fingerprint density at radius 2 is 0.852 bits per heavy atom. The van der Waals surface area contributed by atoms with Gasteiger partial charge in [0.2, 0.25) is 0 Å². The Balaban J connectivity index is 3.57. The molecule has 0 saturated heterocycles. The molecule has 0 aromatic carbocycles. The molecule has 0 aliphatic rings. The molecule has 0 rings (SSSR count). The average Bonchev–Trinajstić information content (AvgIpc) is 2.64. The molecule has 0 spiro atoms. The molecule has 0 saturated carbocycles. The highest BCUT2D eigenvalue weighted by atomic mass is 16.4. The van der Waals surface area contributed by atoms with Crippen molar-refractivity contribution in [2.24, 2.45) is 5.92 Å². The second kappa shape index (κ2) is 21.8. The van der Waals surface area contributed by atoms with Gasteiger partial charge in [0.15, 0.2) is 0 Å². The van der Waals surface area contributed by atoms with Crippen molar-refractivity contribution in [3.63, 3.8) is 0 Å². The zero-order chi connectivity index (χ0) is 20.0. The van der Waals surface area contributed by atoms with Crippen LogP contribution in [0.5, 0.6) is 0 Å². The zero-order valence-electron chi connectivity index (χ0n) is 18.7. The van der Waals surface area contributed by atoms with E-state index in [1.807, 2.05) is 0 Å². The van der Waals surface area contributed by atoms with Gasteiger partial charge < -0.3 is 9.90 Å². The van der Waals surface area contributed by atoms with Gasteiger partial charge in [-0.1, -0.05) is 142 Å². The maximum Gasteiger partial charge on any atom is 0.0417 e. The van der Waals surface area contributed by atoms with Crippen LogP contribution in [-0.4, -0.2) is 5.97 Å². The largest absolute Gasteiger partial charge is 0.550 e. The van der Waals surface area contributed by atoms with Crippen LogP contribution in [0.3, 0.4) is 0 Å². The molecule has 0 aliphatic carbocycles. The first kappa shape index (κ1) is 26.5. The first-order valence-corrected chi connectivity index (χ1v) is 12.4. The fourth-order valence-corrected chi connectivity index (χ4v) is 4.07. The molecular weight excluding hydrogens is 332 g/mol. The lowest BCUT2D eigenvalue weighted by atomic mass is 9.91. The summed E-state index contributed by atoms with van der Waals surface area (Å²) in [5.41, 5.74) is 0. The monoisotopic (exact) mass is 381 g/mol. The Kier molecular flexibility index (Phi) is 21.3. The summed E-state index contributed by atoms with van der Waals surface area (Å²) in [4.78, 5) is 11.0. The molecule has 0 N–H and O–H groups in total. The molecule has 1 unspecified atom stereocenters. The number of carbonyl (C=O) groups excluding carboxylic acids is 1. The molecular formula is C25H49O2-. The molecule has 0 aromatic heterocycles. The van der Waals surface area contributed by atoms with E-state index in [4.69, 9.17) is 0 Å². The molecule has 2 heteroatoms. The third-order valence-corrected chi connectivity index (χ3v) is 5.89. The van der Waals surface area contributed by atoms with Crippen LogP contribution in [0.2, 0.25) is 0 Å². The predicted molar refractivity (Wildman–Crippen MR) is 117 cm³/mol. The molecule has 0 amide bonds. The Morgan fingerprint density at radius 3 is 1.15 bits per heavy atom. The van der Waals surface area contributed by atoms with Gasteiger partial charge in [-0.25, -0.2) is 0 Å². The third kappa shape index (κ3) is 21.6. The van der Waals surface area contributed by atoms with E-state index in [2.05, 4.69) is 13.8 Å². The van der Waals surface area contributed by atoms with Crippen molar-refractivity contribution in [1.29, 1.82) is 0 Å². The topological polar surface area (TPSA) is 40.1 Å². The highest BCUT2D eigenvalue weighted by Crippen LogP contribution is 2.22. The summed E-state index contributed by atoms with van der Waals surface area (Å²) >= 11 is 0. The van der Waals surface area contributed by atoms with Gasteiger partial charge in [-0.3, -0.25) is 0 Å². The minimum atomic E-state index is -0.855. The van der Waals surface area contributed by atoms with Crippen molar-refractivity contribution in [3.8, 4) is 0 Å². The van der Waals surface area contributed by atoms with E-state index < -0.39 is 5.97 Å². The van der Waals surface area contributed by atoms with Crippen molar-refractivity contribution in [2.45, 2.75) is 149 Å². The fourth-order valence-electron chi connectivity index (χ4n) is 4.07. The average molecular weight is 382 g/mol. The van der Waals surface area contributed by atoms with Crippen LogP contribution in [0.4, 0.5) is 0 Å². The lowest BCUT2D eigenvalue weighted by molar-refractivity contribution is -0.306. The van der Waals surface area contributed by atoms with Crippen LogP contribution < -0.4 is 5.11 Å². The molecule has 0 fully saturated rings. The number of carboxylic acids is 1. The Morgan fingerprint density at radius 1 is 0.556 bits per heavy atom. The molecule has 0 heterocycles. The van der Waals surface area contributed by atoms with Gasteiger partial charge in [0, 0.05) is 5.97 Å². The zero-order valence-corrected chi connectivity index (χ0v) is 18.7. The number of unbranched alkanes of at least 4 members (excludes halogenated alkanes) is 16. The van der Waals surface area contributed by atoms with Crippen molar-refractivity contribution >= 4 is 5.97 Å². The van der Waals surface area contributed by atoms with E-state index in [1.54, 1.807) is 0 Å². The summed E-state index contributed by atoms with van der Waals surface area (Å²) < 4.78 is 0. The standard InChI is InChI=1S/C25H50O2/c1-3-5-7-9-11-13-14-16-18-20-22-24(23-25(26)27)21-19-17-15-12-10-8-6-4-2/h24H,3-23H2,1-2H3,(H,26,27)/p-1. The summed E-state index contributed by atoms with van der Waals surface area (Å²) in [5, 5.41) is 11.0. The van der Waals surface area contributed by atoms with Crippen molar-refractivity contribution in [1.82, 2.24) is 0 Å². The molecule has 2 nitrogen and oxygen atoms in total. The van der Waals surface area contributed by atoms with E-state index in [-0.39, 0.29) is 6.42 Å². The number of hydrogen-bond acceptors (Lipinski definition) is 2. The van der Waals surface area contributed by atoms with Crippen LogP contribution in [-0.2, 0) is 4.79 Å². The van der Waals surface area contributed by atoms with E-state index in [0.717, 1.165) is 12.8 Å². The number of hydrogen-bond donors (Lipinski definition) is 0.